The maximum atomic E-state index is 15.9. The van der Waals surface area contributed by atoms with Crippen molar-refractivity contribution in [1.29, 1.82) is 10.5 Å². The lowest BCUT2D eigenvalue weighted by atomic mass is 9.79. The number of aryl methyl sites for hydroxylation is 1. The Hall–Kier alpha value is -4.14. The van der Waals surface area contributed by atoms with Gasteiger partial charge < -0.3 is 10.2 Å². The first-order chi connectivity index (χ1) is 16.7. The number of nitrogens with zero attached hydrogens (tertiary/aromatic N) is 4. The van der Waals surface area contributed by atoms with Gasteiger partial charge in [-0.15, -0.1) is 0 Å². The summed E-state index contributed by atoms with van der Waals surface area (Å²) in [5, 5.41) is 30.5. The van der Waals surface area contributed by atoms with Crippen LogP contribution in [-0.4, -0.2) is 28.1 Å². The molecule has 1 amide bonds. The Bertz CT molecular complexity index is 1480. The number of hydrogen-bond donors (Lipinski definition) is 2. The minimum absolute atomic E-state index is 0.184. The monoisotopic (exact) mass is 488 g/mol. The number of aromatic nitrogens is 2. The fourth-order valence-electron chi connectivity index (χ4n) is 4.46. The van der Waals surface area contributed by atoms with Gasteiger partial charge in [-0.05, 0) is 38.5 Å². The summed E-state index contributed by atoms with van der Waals surface area (Å²) in [6.45, 7) is 5.35. The summed E-state index contributed by atoms with van der Waals surface area (Å²) in [5.74, 6) is -1.65. The number of fused-ring (bicyclic) bond motifs is 1. The van der Waals surface area contributed by atoms with Crippen LogP contribution in [-0.2, 0) is 6.42 Å². The number of allylic oxidation sites excluding steroid dienone is 4. The van der Waals surface area contributed by atoms with E-state index in [-0.39, 0.29) is 22.0 Å². The first-order valence-corrected chi connectivity index (χ1v) is 11.3. The quantitative estimate of drug-likeness (QED) is 0.482. The first-order valence-electron chi connectivity index (χ1n) is 11.0. The van der Waals surface area contributed by atoms with Crippen LogP contribution >= 0.6 is 11.6 Å². The predicted molar refractivity (Wildman–Crippen MR) is 132 cm³/mol. The topological polar surface area (TPSA) is 109 Å². The van der Waals surface area contributed by atoms with Crippen LogP contribution in [0.5, 0.6) is 0 Å². The van der Waals surface area contributed by atoms with Crippen LogP contribution in [0.15, 0.2) is 52.9 Å². The van der Waals surface area contributed by atoms with Gasteiger partial charge in [-0.3, -0.25) is 9.89 Å². The van der Waals surface area contributed by atoms with E-state index >= 15 is 4.39 Å². The molecule has 0 bridgehead atoms. The number of carbonyl (C=O) groups is 1. The fourth-order valence-corrected chi connectivity index (χ4v) is 4.68. The highest BCUT2D eigenvalue weighted by molar-refractivity contribution is 6.34. The molecule has 1 aliphatic heterocycles. The van der Waals surface area contributed by atoms with E-state index in [4.69, 9.17) is 11.6 Å². The number of nitrogens with one attached hydrogen (secondary N) is 2. The Morgan fingerprint density at radius 2 is 1.86 bits per heavy atom. The summed E-state index contributed by atoms with van der Waals surface area (Å²) < 4.78 is 15.9. The van der Waals surface area contributed by atoms with E-state index in [1.165, 1.54) is 0 Å². The SMILES string of the molecule is CCc1c(F)c(C2C(C#N)=C(C)N(C)C(C)=C2C#N)cc2c(NC(=O)c3ccccc3Cl)n[nH]c12. The number of hydrogen-bond acceptors (Lipinski definition) is 5. The molecule has 35 heavy (non-hydrogen) atoms. The van der Waals surface area contributed by atoms with E-state index in [9.17, 15) is 15.3 Å². The van der Waals surface area contributed by atoms with Crippen molar-refractivity contribution < 1.29 is 9.18 Å². The Morgan fingerprint density at radius 3 is 2.43 bits per heavy atom. The molecule has 1 aliphatic rings. The van der Waals surface area contributed by atoms with Crippen molar-refractivity contribution in [1.82, 2.24) is 15.1 Å². The van der Waals surface area contributed by atoms with Crippen molar-refractivity contribution in [2.45, 2.75) is 33.1 Å². The number of rotatable bonds is 4. The molecule has 176 valence electrons. The maximum absolute atomic E-state index is 15.9. The molecule has 2 aromatic carbocycles. The second-order valence-corrected chi connectivity index (χ2v) is 8.66. The van der Waals surface area contributed by atoms with Gasteiger partial charge in [0, 0.05) is 35.0 Å². The molecular weight excluding hydrogens is 467 g/mol. The zero-order valence-corrected chi connectivity index (χ0v) is 20.4. The number of nitriles is 2. The van der Waals surface area contributed by atoms with Gasteiger partial charge in [0.1, 0.15) is 5.82 Å². The molecule has 2 heterocycles. The third-order valence-corrected chi connectivity index (χ3v) is 6.87. The van der Waals surface area contributed by atoms with E-state index in [1.54, 1.807) is 63.1 Å². The Morgan fingerprint density at radius 1 is 1.23 bits per heavy atom. The van der Waals surface area contributed by atoms with Crippen molar-refractivity contribution >= 4 is 34.2 Å². The zero-order valence-electron chi connectivity index (χ0n) is 19.6. The molecule has 0 spiro atoms. The van der Waals surface area contributed by atoms with Crippen molar-refractivity contribution in [3.63, 3.8) is 0 Å². The van der Waals surface area contributed by atoms with Gasteiger partial charge in [0.25, 0.3) is 5.91 Å². The van der Waals surface area contributed by atoms with Crippen LogP contribution in [0.3, 0.4) is 0 Å². The highest BCUT2D eigenvalue weighted by atomic mass is 35.5. The standard InChI is InChI=1S/C26H22ClFN6O/c1-5-15-23(28)17(22-19(11-29)13(2)34(4)14(3)20(22)12-30)10-18-24(15)32-33-25(18)31-26(35)16-8-6-7-9-21(16)27/h6-10,22H,5H2,1-4H3,(H2,31,32,33,35). The van der Waals surface area contributed by atoms with E-state index in [1.807, 2.05) is 0 Å². The van der Waals surface area contributed by atoms with Crippen molar-refractivity contribution in [3.8, 4) is 12.1 Å². The summed E-state index contributed by atoms with van der Waals surface area (Å²) in [5.41, 5.74) is 3.12. The Labute approximate surface area is 207 Å². The molecule has 0 unspecified atom stereocenters. The Kier molecular flexibility index (Phi) is 6.34. The second-order valence-electron chi connectivity index (χ2n) is 8.25. The largest absolute Gasteiger partial charge is 0.350 e. The van der Waals surface area contributed by atoms with Gasteiger partial charge >= 0.3 is 0 Å². The number of benzene rings is 2. The molecule has 0 saturated heterocycles. The summed E-state index contributed by atoms with van der Waals surface area (Å²) >= 11 is 6.16. The molecular formula is C26H22ClFN6O. The maximum Gasteiger partial charge on any atom is 0.258 e. The molecule has 0 aliphatic carbocycles. The number of amides is 1. The summed E-state index contributed by atoms with van der Waals surface area (Å²) in [7, 11) is 1.77. The molecule has 4 rings (SSSR count). The van der Waals surface area contributed by atoms with Crippen molar-refractivity contribution in [3.05, 3.63) is 80.4 Å². The van der Waals surface area contributed by atoms with Gasteiger partial charge in [0.15, 0.2) is 5.82 Å². The highest BCUT2D eigenvalue weighted by Gasteiger charge is 2.35. The van der Waals surface area contributed by atoms with Gasteiger partial charge in [-0.25, -0.2) is 4.39 Å². The smallest absolute Gasteiger partial charge is 0.258 e. The average molecular weight is 489 g/mol. The van der Waals surface area contributed by atoms with Crippen LogP contribution in [0.4, 0.5) is 10.2 Å². The average Bonchev–Trinajstić information content (AvgIpc) is 3.24. The first kappa shape index (κ1) is 24.0. The molecule has 7 nitrogen and oxygen atoms in total. The molecule has 9 heteroatoms. The minimum Gasteiger partial charge on any atom is -0.350 e. The predicted octanol–water partition coefficient (Wildman–Crippen LogP) is 5.79. The van der Waals surface area contributed by atoms with Crippen LogP contribution in [0.1, 0.15) is 48.2 Å². The van der Waals surface area contributed by atoms with Gasteiger partial charge in [-0.1, -0.05) is 30.7 Å². The second kappa shape index (κ2) is 9.25. The third kappa shape index (κ3) is 3.82. The number of halogens is 2. The van der Waals surface area contributed by atoms with Crippen molar-refractivity contribution in [2.24, 2.45) is 0 Å². The lowest BCUT2D eigenvalue weighted by Crippen LogP contribution is -2.26. The van der Waals surface area contributed by atoms with Gasteiger partial charge in [0.05, 0.1) is 45.3 Å². The van der Waals surface area contributed by atoms with E-state index in [0.717, 1.165) is 0 Å². The minimum atomic E-state index is -0.877. The molecule has 0 fully saturated rings. The summed E-state index contributed by atoms with van der Waals surface area (Å²) in [4.78, 5) is 14.6. The molecule has 0 atom stereocenters. The fraction of sp³-hybridized carbons (Fsp3) is 0.231. The van der Waals surface area contributed by atoms with E-state index < -0.39 is 17.6 Å². The number of aromatic amines is 1. The number of carbonyl (C=O) groups excluding carboxylic acids is 1. The number of anilines is 1. The molecule has 0 saturated carbocycles. The third-order valence-electron chi connectivity index (χ3n) is 6.54. The van der Waals surface area contributed by atoms with Crippen LogP contribution < -0.4 is 5.32 Å². The highest BCUT2D eigenvalue weighted by Crippen LogP contribution is 2.43. The lowest BCUT2D eigenvalue weighted by molar-refractivity contribution is 0.102. The molecule has 2 N–H and O–H groups in total. The van der Waals surface area contributed by atoms with Crippen molar-refractivity contribution in [2.75, 3.05) is 12.4 Å². The Balaban J connectivity index is 1.93. The van der Waals surface area contributed by atoms with Gasteiger partial charge in [-0.2, -0.15) is 15.6 Å². The molecule has 0 radical (unpaired) electrons. The normalized spacial score (nSPS) is 14.3. The van der Waals surface area contributed by atoms with Crippen LogP contribution in [0, 0.1) is 28.5 Å². The van der Waals surface area contributed by atoms with Crippen LogP contribution in [0.25, 0.3) is 10.9 Å². The molecule has 3 aromatic rings. The zero-order chi connectivity index (χ0) is 25.4. The van der Waals surface area contributed by atoms with Crippen LogP contribution in [0.2, 0.25) is 5.02 Å². The van der Waals surface area contributed by atoms with Gasteiger partial charge in [0.2, 0.25) is 0 Å². The lowest BCUT2D eigenvalue weighted by Gasteiger charge is -2.33. The number of H-pyrrole nitrogens is 1. The van der Waals surface area contributed by atoms with E-state index in [0.29, 0.717) is 45.4 Å². The van der Waals surface area contributed by atoms with E-state index in [2.05, 4.69) is 27.7 Å². The molecule has 1 aromatic heterocycles. The summed E-state index contributed by atoms with van der Waals surface area (Å²) in [6.07, 6.45) is 0.331. The summed E-state index contributed by atoms with van der Waals surface area (Å²) in [6, 6.07) is 12.5.